The Bertz CT molecular complexity index is 465. The minimum Gasteiger partial charge on any atom is -0.368 e. The summed E-state index contributed by atoms with van der Waals surface area (Å²) in [5, 5.41) is 9.42. The third-order valence-electron chi connectivity index (χ3n) is 3.88. The van der Waals surface area contributed by atoms with Gasteiger partial charge in [0.1, 0.15) is 5.60 Å². The number of methoxy groups -OCH3 is 1. The zero-order valence-corrected chi connectivity index (χ0v) is 15.6. The van der Waals surface area contributed by atoms with Crippen LogP contribution < -0.4 is 10.6 Å². The quantitative estimate of drug-likeness (QED) is 0.836. The number of aromatic nitrogens is 1. The lowest BCUT2D eigenvalue weighted by atomic mass is 9.91. The summed E-state index contributed by atoms with van der Waals surface area (Å²) in [6.07, 6.45) is 2.34. The van der Waals surface area contributed by atoms with Gasteiger partial charge in [-0.25, -0.2) is 4.98 Å². The molecule has 1 unspecified atom stereocenters. The highest BCUT2D eigenvalue weighted by Crippen LogP contribution is 2.24. The molecule has 1 aromatic heterocycles. The fourth-order valence-electron chi connectivity index (χ4n) is 2.44. The lowest BCUT2D eigenvalue weighted by Gasteiger charge is -2.35. The smallest absolute Gasteiger partial charge is 0.252 e. The number of hydrogen-bond donors (Lipinski definition) is 2. The highest BCUT2D eigenvalue weighted by atomic mass is 35.5. The van der Waals surface area contributed by atoms with E-state index in [-0.39, 0.29) is 36.8 Å². The van der Waals surface area contributed by atoms with Gasteiger partial charge in [-0.1, -0.05) is 6.92 Å². The van der Waals surface area contributed by atoms with E-state index in [4.69, 9.17) is 4.74 Å². The molecule has 0 aromatic carbocycles. The van der Waals surface area contributed by atoms with Crippen LogP contribution in [-0.4, -0.2) is 36.7 Å². The standard InChI is InChI=1S/C14H23N3O2S.2ClH/c1-4-12-17-11(9-20-12)10(2)16-13(18)14(19-3)5-7-15-8-6-14;;/h9-10,15H,4-8H2,1-3H3,(H,16,18);2*1H. The van der Waals surface area contributed by atoms with Crippen molar-refractivity contribution in [2.24, 2.45) is 0 Å². The molecule has 128 valence electrons. The third-order valence-corrected chi connectivity index (χ3v) is 4.89. The fraction of sp³-hybridized carbons (Fsp3) is 0.714. The van der Waals surface area contributed by atoms with Crippen molar-refractivity contribution in [2.45, 2.75) is 44.8 Å². The Morgan fingerprint density at radius 2 is 2.14 bits per heavy atom. The number of rotatable bonds is 5. The van der Waals surface area contributed by atoms with Crippen molar-refractivity contribution in [2.75, 3.05) is 20.2 Å². The van der Waals surface area contributed by atoms with Crippen molar-refractivity contribution in [1.82, 2.24) is 15.6 Å². The summed E-state index contributed by atoms with van der Waals surface area (Å²) < 4.78 is 5.53. The van der Waals surface area contributed by atoms with Crippen molar-refractivity contribution in [3.63, 3.8) is 0 Å². The van der Waals surface area contributed by atoms with Crippen LogP contribution in [0.2, 0.25) is 0 Å². The SMILES string of the molecule is CCc1nc(C(C)NC(=O)C2(OC)CCNCC2)cs1.Cl.Cl. The summed E-state index contributed by atoms with van der Waals surface area (Å²) in [6, 6.07) is -0.0824. The molecule has 2 rings (SSSR count). The average molecular weight is 370 g/mol. The molecule has 1 aromatic rings. The molecule has 1 atom stereocenters. The van der Waals surface area contributed by atoms with Gasteiger partial charge in [0.05, 0.1) is 16.7 Å². The van der Waals surface area contributed by atoms with Gasteiger partial charge in [-0.15, -0.1) is 36.2 Å². The van der Waals surface area contributed by atoms with E-state index >= 15 is 0 Å². The van der Waals surface area contributed by atoms with Crippen LogP contribution in [0.4, 0.5) is 0 Å². The monoisotopic (exact) mass is 369 g/mol. The van der Waals surface area contributed by atoms with E-state index in [1.165, 1.54) is 0 Å². The molecular formula is C14H25Cl2N3O2S. The van der Waals surface area contributed by atoms with E-state index in [0.717, 1.165) is 30.2 Å². The number of carbonyl (C=O) groups excluding carboxylic acids is 1. The summed E-state index contributed by atoms with van der Waals surface area (Å²) >= 11 is 1.64. The van der Waals surface area contributed by atoms with Gasteiger partial charge in [0, 0.05) is 12.5 Å². The van der Waals surface area contributed by atoms with Crippen molar-refractivity contribution in [3.05, 3.63) is 16.1 Å². The van der Waals surface area contributed by atoms with E-state index in [1.807, 2.05) is 12.3 Å². The summed E-state index contributed by atoms with van der Waals surface area (Å²) in [5.74, 6) is -0.0277. The molecular weight excluding hydrogens is 345 g/mol. The minimum atomic E-state index is -0.691. The van der Waals surface area contributed by atoms with Crippen LogP contribution in [-0.2, 0) is 16.0 Å². The Morgan fingerprint density at radius 1 is 1.50 bits per heavy atom. The molecule has 0 radical (unpaired) electrons. The Kier molecular flexibility index (Phi) is 9.50. The summed E-state index contributed by atoms with van der Waals surface area (Å²) in [7, 11) is 1.62. The highest BCUT2D eigenvalue weighted by molar-refractivity contribution is 7.09. The average Bonchev–Trinajstić information content (AvgIpc) is 2.97. The van der Waals surface area contributed by atoms with Gasteiger partial charge in [-0.05, 0) is 39.3 Å². The second kappa shape index (κ2) is 9.67. The largest absolute Gasteiger partial charge is 0.368 e. The molecule has 1 saturated heterocycles. The van der Waals surface area contributed by atoms with Gasteiger partial charge in [0.25, 0.3) is 5.91 Å². The van der Waals surface area contributed by atoms with E-state index < -0.39 is 5.60 Å². The summed E-state index contributed by atoms with van der Waals surface area (Å²) in [5.41, 5.74) is 0.240. The molecule has 8 heteroatoms. The Balaban J connectivity index is 0.00000220. The maximum Gasteiger partial charge on any atom is 0.252 e. The van der Waals surface area contributed by atoms with Crippen LogP contribution in [0.5, 0.6) is 0 Å². The minimum absolute atomic E-state index is 0. The van der Waals surface area contributed by atoms with Crippen LogP contribution in [0.15, 0.2) is 5.38 Å². The predicted octanol–water partition coefficient (Wildman–Crippen LogP) is 2.49. The Hall–Kier alpha value is -0.400. The molecule has 1 aliphatic heterocycles. The molecule has 2 heterocycles. The van der Waals surface area contributed by atoms with Crippen LogP contribution in [0.25, 0.3) is 0 Å². The van der Waals surface area contributed by atoms with E-state index in [0.29, 0.717) is 12.8 Å². The molecule has 0 spiro atoms. The number of halogens is 2. The van der Waals surface area contributed by atoms with Crippen LogP contribution >= 0.6 is 36.2 Å². The van der Waals surface area contributed by atoms with Gasteiger partial charge in [0.2, 0.25) is 0 Å². The number of nitrogens with zero attached hydrogens (tertiary/aromatic N) is 1. The highest BCUT2D eigenvalue weighted by Gasteiger charge is 2.40. The summed E-state index contributed by atoms with van der Waals surface area (Å²) in [6.45, 7) is 5.68. The molecule has 0 saturated carbocycles. The number of piperidine rings is 1. The van der Waals surface area contributed by atoms with Gasteiger partial charge >= 0.3 is 0 Å². The first-order valence-electron chi connectivity index (χ1n) is 7.12. The predicted molar refractivity (Wildman–Crippen MR) is 94.4 cm³/mol. The molecule has 0 aliphatic carbocycles. The normalized spacial score (nSPS) is 17.8. The molecule has 1 amide bonds. The molecule has 0 bridgehead atoms. The van der Waals surface area contributed by atoms with Crippen molar-refractivity contribution >= 4 is 42.1 Å². The second-order valence-corrected chi connectivity index (χ2v) is 6.11. The zero-order chi connectivity index (χ0) is 14.6. The van der Waals surface area contributed by atoms with Crippen molar-refractivity contribution in [1.29, 1.82) is 0 Å². The topological polar surface area (TPSA) is 63.2 Å². The van der Waals surface area contributed by atoms with E-state index in [9.17, 15) is 4.79 Å². The Morgan fingerprint density at radius 3 is 2.64 bits per heavy atom. The lowest BCUT2D eigenvalue weighted by Crippen LogP contribution is -2.54. The van der Waals surface area contributed by atoms with Crippen LogP contribution in [0, 0.1) is 0 Å². The van der Waals surface area contributed by atoms with Gasteiger partial charge < -0.3 is 15.4 Å². The lowest BCUT2D eigenvalue weighted by molar-refractivity contribution is -0.147. The number of carbonyl (C=O) groups is 1. The second-order valence-electron chi connectivity index (χ2n) is 5.16. The number of nitrogens with one attached hydrogen (secondary N) is 2. The van der Waals surface area contributed by atoms with Gasteiger partial charge in [-0.2, -0.15) is 0 Å². The molecule has 1 aliphatic rings. The number of amides is 1. The van der Waals surface area contributed by atoms with E-state index in [2.05, 4.69) is 22.5 Å². The first-order chi connectivity index (χ1) is 9.61. The Labute approximate surface area is 148 Å². The first-order valence-corrected chi connectivity index (χ1v) is 8.00. The number of ether oxygens (including phenoxy) is 1. The van der Waals surface area contributed by atoms with Crippen LogP contribution in [0.3, 0.4) is 0 Å². The molecule has 1 fully saturated rings. The van der Waals surface area contributed by atoms with Gasteiger partial charge in [-0.3, -0.25) is 4.79 Å². The number of thiazole rings is 1. The fourth-order valence-corrected chi connectivity index (χ4v) is 3.28. The van der Waals surface area contributed by atoms with E-state index in [1.54, 1.807) is 18.4 Å². The molecule has 22 heavy (non-hydrogen) atoms. The van der Waals surface area contributed by atoms with Crippen LogP contribution in [0.1, 0.15) is 43.4 Å². The van der Waals surface area contributed by atoms with Crippen molar-refractivity contribution in [3.8, 4) is 0 Å². The number of hydrogen-bond acceptors (Lipinski definition) is 5. The summed E-state index contributed by atoms with van der Waals surface area (Å²) in [4.78, 5) is 17.0. The molecule has 2 N–H and O–H groups in total. The third kappa shape index (κ3) is 4.80. The first kappa shape index (κ1) is 21.6. The number of aryl methyl sites for hydroxylation is 1. The van der Waals surface area contributed by atoms with Gasteiger partial charge in [0.15, 0.2) is 0 Å². The zero-order valence-electron chi connectivity index (χ0n) is 13.2. The maximum atomic E-state index is 12.5. The molecule has 5 nitrogen and oxygen atoms in total. The maximum absolute atomic E-state index is 12.5. The van der Waals surface area contributed by atoms with Crippen molar-refractivity contribution < 1.29 is 9.53 Å².